The minimum Gasteiger partial charge on any atom is -0.392 e. The Morgan fingerprint density at radius 1 is 1.57 bits per heavy atom. The molecule has 0 aromatic heterocycles. The van der Waals surface area contributed by atoms with Crippen molar-refractivity contribution in [2.24, 2.45) is 5.73 Å². The summed E-state index contributed by atoms with van der Waals surface area (Å²) in [6, 6.07) is 0. The number of hydrogen-bond acceptors (Lipinski definition) is 4. The highest BCUT2D eigenvalue weighted by Gasteiger charge is 2.03. The first-order valence-electron chi connectivity index (χ1n) is 4.33. The van der Waals surface area contributed by atoms with Crippen LogP contribution in [0.2, 0.25) is 0 Å². The monoisotopic (exact) mass is 220 g/mol. The number of carbonyl (C=O) groups excluding carboxylic acids is 2. The van der Waals surface area contributed by atoms with E-state index >= 15 is 0 Å². The van der Waals surface area contributed by atoms with Crippen LogP contribution in [-0.4, -0.2) is 41.1 Å². The fourth-order valence-electron chi connectivity index (χ4n) is 0.688. The van der Waals surface area contributed by atoms with E-state index in [1.807, 2.05) is 0 Å². The summed E-state index contributed by atoms with van der Waals surface area (Å²) in [6.07, 6.45) is -0.192. The zero-order valence-electron chi connectivity index (χ0n) is 8.16. The van der Waals surface area contributed by atoms with Gasteiger partial charge in [-0.15, -0.1) is 0 Å². The van der Waals surface area contributed by atoms with Gasteiger partial charge < -0.3 is 16.2 Å². The lowest BCUT2D eigenvalue weighted by Gasteiger charge is -2.06. The first-order chi connectivity index (χ1) is 6.52. The van der Waals surface area contributed by atoms with Crippen molar-refractivity contribution in [3.63, 3.8) is 0 Å². The van der Waals surface area contributed by atoms with Gasteiger partial charge in [0, 0.05) is 18.7 Å². The average Bonchev–Trinajstić information content (AvgIpc) is 2.08. The molecule has 0 heterocycles. The van der Waals surface area contributed by atoms with E-state index < -0.39 is 6.10 Å². The van der Waals surface area contributed by atoms with Gasteiger partial charge in [-0.1, -0.05) is 0 Å². The Labute approximate surface area is 87.4 Å². The van der Waals surface area contributed by atoms with Crippen molar-refractivity contribution in [2.45, 2.75) is 19.4 Å². The van der Waals surface area contributed by atoms with Gasteiger partial charge in [0.2, 0.25) is 11.8 Å². The number of hydrogen-bond donors (Lipinski definition) is 3. The van der Waals surface area contributed by atoms with Crippen molar-refractivity contribution >= 4 is 23.6 Å². The van der Waals surface area contributed by atoms with Crippen molar-refractivity contribution in [2.75, 3.05) is 18.1 Å². The maximum absolute atomic E-state index is 11.0. The van der Waals surface area contributed by atoms with Crippen LogP contribution in [0.5, 0.6) is 0 Å². The summed E-state index contributed by atoms with van der Waals surface area (Å²) in [6.45, 7) is 1.86. The summed E-state index contributed by atoms with van der Waals surface area (Å²) in [5.41, 5.74) is 4.91. The molecule has 0 rings (SSSR count). The smallest absolute Gasteiger partial charge is 0.227 e. The van der Waals surface area contributed by atoms with Gasteiger partial charge in [-0.05, 0) is 6.92 Å². The second kappa shape index (κ2) is 7.64. The lowest BCUT2D eigenvalue weighted by molar-refractivity contribution is -0.121. The normalized spacial score (nSPS) is 12.1. The SMILES string of the molecule is CC(O)CNC(=O)CCSCC(N)=O. The molecule has 14 heavy (non-hydrogen) atoms. The Morgan fingerprint density at radius 2 is 2.21 bits per heavy atom. The zero-order valence-corrected chi connectivity index (χ0v) is 8.97. The molecule has 0 aliphatic carbocycles. The molecule has 0 spiro atoms. The molecule has 4 N–H and O–H groups in total. The van der Waals surface area contributed by atoms with E-state index in [2.05, 4.69) is 5.32 Å². The lowest BCUT2D eigenvalue weighted by atomic mass is 10.4. The highest BCUT2D eigenvalue weighted by atomic mass is 32.2. The van der Waals surface area contributed by atoms with Crippen molar-refractivity contribution in [3.8, 4) is 0 Å². The molecule has 0 fully saturated rings. The van der Waals surface area contributed by atoms with Crippen LogP contribution < -0.4 is 11.1 Å². The molecule has 0 aliphatic rings. The molecule has 0 bridgehead atoms. The number of aliphatic hydroxyl groups is 1. The molecule has 0 saturated heterocycles. The molecule has 2 amide bonds. The summed E-state index contributed by atoms with van der Waals surface area (Å²) >= 11 is 1.33. The molecule has 0 aliphatic heterocycles. The Hall–Kier alpha value is -0.750. The Morgan fingerprint density at radius 3 is 2.71 bits per heavy atom. The number of aliphatic hydroxyl groups excluding tert-OH is 1. The lowest BCUT2D eigenvalue weighted by Crippen LogP contribution is -2.30. The van der Waals surface area contributed by atoms with Gasteiger partial charge in [0.05, 0.1) is 11.9 Å². The molecule has 6 heteroatoms. The molecular formula is C8H16N2O3S. The maximum Gasteiger partial charge on any atom is 0.227 e. The molecule has 0 radical (unpaired) electrons. The van der Waals surface area contributed by atoms with Crippen LogP contribution >= 0.6 is 11.8 Å². The number of amides is 2. The number of primary amides is 1. The van der Waals surface area contributed by atoms with E-state index in [-0.39, 0.29) is 24.1 Å². The van der Waals surface area contributed by atoms with E-state index in [1.165, 1.54) is 11.8 Å². The summed E-state index contributed by atoms with van der Waals surface area (Å²) in [5, 5.41) is 11.4. The molecule has 5 nitrogen and oxygen atoms in total. The first kappa shape index (κ1) is 13.2. The second-order valence-electron chi connectivity index (χ2n) is 2.92. The van der Waals surface area contributed by atoms with Gasteiger partial charge in [0.1, 0.15) is 0 Å². The largest absolute Gasteiger partial charge is 0.392 e. The van der Waals surface area contributed by atoms with E-state index in [0.29, 0.717) is 12.2 Å². The number of carbonyl (C=O) groups is 2. The van der Waals surface area contributed by atoms with E-state index in [4.69, 9.17) is 10.8 Å². The third-order valence-corrected chi connectivity index (χ3v) is 2.29. The highest BCUT2D eigenvalue weighted by molar-refractivity contribution is 7.99. The van der Waals surface area contributed by atoms with Crippen LogP contribution in [0.4, 0.5) is 0 Å². The van der Waals surface area contributed by atoms with E-state index in [0.717, 1.165) is 0 Å². The Balaban J connectivity index is 3.31. The van der Waals surface area contributed by atoms with Gasteiger partial charge in [-0.2, -0.15) is 11.8 Å². The maximum atomic E-state index is 11.0. The zero-order chi connectivity index (χ0) is 11.0. The fourth-order valence-corrected chi connectivity index (χ4v) is 1.36. The molecule has 0 saturated carbocycles. The van der Waals surface area contributed by atoms with Gasteiger partial charge in [0.25, 0.3) is 0 Å². The average molecular weight is 220 g/mol. The van der Waals surface area contributed by atoms with Gasteiger partial charge in [-0.3, -0.25) is 9.59 Å². The van der Waals surface area contributed by atoms with Crippen LogP contribution in [0.3, 0.4) is 0 Å². The predicted molar refractivity (Wildman–Crippen MR) is 55.8 cm³/mol. The molecule has 82 valence electrons. The molecule has 0 aromatic carbocycles. The molecular weight excluding hydrogens is 204 g/mol. The topological polar surface area (TPSA) is 92.4 Å². The van der Waals surface area contributed by atoms with E-state index in [1.54, 1.807) is 6.92 Å². The number of nitrogens with two attached hydrogens (primary N) is 1. The van der Waals surface area contributed by atoms with E-state index in [9.17, 15) is 9.59 Å². The van der Waals surface area contributed by atoms with Crippen molar-refractivity contribution in [1.82, 2.24) is 5.32 Å². The Kier molecular flexibility index (Phi) is 7.23. The Bertz CT molecular complexity index is 197. The van der Waals surface area contributed by atoms with Crippen LogP contribution in [-0.2, 0) is 9.59 Å². The van der Waals surface area contributed by atoms with Gasteiger partial charge >= 0.3 is 0 Å². The molecule has 1 unspecified atom stereocenters. The third-order valence-electron chi connectivity index (χ3n) is 1.31. The summed E-state index contributed by atoms with van der Waals surface area (Å²) in [5.74, 6) is 0.306. The first-order valence-corrected chi connectivity index (χ1v) is 5.48. The van der Waals surface area contributed by atoms with Crippen LogP contribution in [0.1, 0.15) is 13.3 Å². The quantitative estimate of drug-likeness (QED) is 0.484. The number of thioether (sulfide) groups is 1. The van der Waals surface area contributed by atoms with Crippen LogP contribution in [0.25, 0.3) is 0 Å². The summed E-state index contributed by atoms with van der Waals surface area (Å²) in [4.78, 5) is 21.4. The minimum atomic E-state index is -0.530. The molecule has 0 aromatic rings. The van der Waals surface area contributed by atoms with Crippen molar-refractivity contribution in [3.05, 3.63) is 0 Å². The highest BCUT2D eigenvalue weighted by Crippen LogP contribution is 2.00. The number of rotatable bonds is 7. The predicted octanol–water partition coefficient (Wildman–Crippen LogP) is -0.908. The molecule has 1 atom stereocenters. The summed E-state index contributed by atoms with van der Waals surface area (Å²) < 4.78 is 0. The number of nitrogens with one attached hydrogen (secondary N) is 1. The summed E-state index contributed by atoms with van der Waals surface area (Å²) in [7, 11) is 0. The second-order valence-corrected chi connectivity index (χ2v) is 4.03. The van der Waals surface area contributed by atoms with Gasteiger partial charge in [0.15, 0.2) is 0 Å². The fraction of sp³-hybridized carbons (Fsp3) is 0.750. The van der Waals surface area contributed by atoms with Crippen LogP contribution in [0.15, 0.2) is 0 Å². The minimum absolute atomic E-state index is 0.122. The third kappa shape index (κ3) is 9.34. The van der Waals surface area contributed by atoms with Crippen molar-refractivity contribution in [1.29, 1.82) is 0 Å². The van der Waals surface area contributed by atoms with Crippen LogP contribution in [0, 0.1) is 0 Å². The standard InChI is InChI=1S/C8H16N2O3S/c1-6(11)4-10-8(13)2-3-14-5-7(9)12/h6,11H,2-5H2,1H3,(H2,9,12)(H,10,13). The van der Waals surface area contributed by atoms with Gasteiger partial charge in [-0.25, -0.2) is 0 Å². The van der Waals surface area contributed by atoms with Crippen molar-refractivity contribution < 1.29 is 14.7 Å².